The summed E-state index contributed by atoms with van der Waals surface area (Å²) in [6.07, 6.45) is 1.86. The minimum atomic E-state index is -0.183. The lowest BCUT2D eigenvalue weighted by Crippen LogP contribution is -2.26. The van der Waals surface area contributed by atoms with E-state index in [2.05, 4.69) is 74.6 Å². The van der Waals surface area contributed by atoms with Crippen LogP contribution in [0.4, 0.5) is 17.1 Å². The zero-order valence-corrected chi connectivity index (χ0v) is 23.0. The van der Waals surface area contributed by atoms with Crippen molar-refractivity contribution in [3.63, 3.8) is 0 Å². The number of nitrogens with zero attached hydrogens (tertiary/aromatic N) is 2. The van der Waals surface area contributed by atoms with Gasteiger partial charge in [0.15, 0.2) is 11.5 Å². The molecule has 0 saturated heterocycles. The van der Waals surface area contributed by atoms with Gasteiger partial charge in [-0.05, 0) is 53.3 Å². The van der Waals surface area contributed by atoms with Crippen LogP contribution in [-0.2, 0) is 5.41 Å². The number of rotatable bonds is 5. The molecule has 200 valence electrons. The maximum Gasteiger partial charge on any atom is 0.187 e. The Labute approximate surface area is 233 Å². The van der Waals surface area contributed by atoms with E-state index in [9.17, 15) is 0 Å². The number of hydrogen-bond donors (Lipinski definition) is 2. The molecule has 7 rings (SSSR count). The van der Waals surface area contributed by atoms with Crippen LogP contribution in [0.15, 0.2) is 72.8 Å². The molecule has 1 aliphatic heterocycles. The van der Waals surface area contributed by atoms with Gasteiger partial charge in [0.05, 0.1) is 16.6 Å². The van der Waals surface area contributed by atoms with Gasteiger partial charge >= 0.3 is 0 Å². The Balaban J connectivity index is 1.68. The number of nitrogens with two attached hydrogens (primary N) is 1. The Morgan fingerprint density at radius 2 is 1.23 bits per heavy atom. The van der Waals surface area contributed by atoms with Crippen LogP contribution in [0, 0.1) is 0 Å². The monoisotopic (exact) mass is 528 g/mol. The normalized spacial score (nSPS) is 13.4. The summed E-state index contributed by atoms with van der Waals surface area (Å²) in [6.45, 7) is 7.70. The largest absolute Gasteiger partial charge is 0.486 e. The van der Waals surface area contributed by atoms with Gasteiger partial charge in [0, 0.05) is 27.7 Å². The summed E-state index contributed by atoms with van der Waals surface area (Å²) < 4.78 is 12.8. The van der Waals surface area contributed by atoms with Crippen molar-refractivity contribution in [2.45, 2.75) is 39.0 Å². The lowest BCUT2D eigenvalue weighted by atomic mass is 9.76. The Bertz CT molecular complexity index is 1930. The standard InChI is InChI=1S/C34H32N4O2/c1-4-34(3,5-2)26-29-30(31(33-32(26)39-18-19-40-33)36-21-16-14-20(35)15-17-21)38-28-25-13-9-7-11-23(25)22-10-6-8-12-24(22)27(28)37-29/h6-17,36H,4-5,18-19,35H2,1-3H3. The van der Waals surface area contributed by atoms with E-state index < -0.39 is 0 Å². The molecule has 0 unspecified atom stereocenters. The van der Waals surface area contributed by atoms with Crippen LogP contribution >= 0.6 is 0 Å². The van der Waals surface area contributed by atoms with Crippen LogP contribution < -0.4 is 20.5 Å². The second kappa shape index (κ2) is 9.26. The fraction of sp³-hybridized carbons (Fsp3) is 0.235. The maximum absolute atomic E-state index is 6.43. The Kier molecular flexibility index (Phi) is 5.66. The number of ether oxygens (including phenoxy) is 2. The number of aromatic nitrogens is 2. The Morgan fingerprint density at radius 3 is 1.80 bits per heavy atom. The highest BCUT2D eigenvalue weighted by Crippen LogP contribution is 2.52. The number of nitrogens with one attached hydrogen (secondary N) is 1. The average Bonchev–Trinajstić information content (AvgIpc) is 3.01. The highest BCUT2D eigenvalue weighted by Gasteiger charge is 2.36. The van der Waals surface area contributed by atoms with Crippen molar-refractivity contribution in [3.05, 3.63) is 78.4 Å². The highest BCUT2D eigenvalue weighted by molar-refractivity contribution is 6.24. The summed E-state index contributed by atoms with van der Waals surface area (Å²) >= 11 is 0. The summed E-state index contributed by atoms with van der Waals surface area (Å²) in [5, 5.41) is 8.11. The zero-order chi connectivity index (χ0) is 27.4. The highest BCUT2D eigenvalue weighted by atomic mass is 16.6. The van der Waals surface area contributed by atoms with Crippen LogP contribution in [-0.4, -0.2) is 23.2 Å². The predicted octanol–water partition coefficient (Wildman–Crippen LogP) is 8.26. The number of fused-ring (bicyclic) bond motifs is 8. The fourth-order valence-electron chi connectivity index (χ4n) is 6.00. The van der Waals surface area contributed by atoms with Gasteiger partial charge in [-0.3, -0.25) is 0 Å². The number of nitrogen functional groups attached to an aromatic ring is 1. The molecule has 0 aliphatic carbocycles. The molecule has 0 radical (unpaired) electrons. The van der Waals surface area contributed by atoms with E-state index >= 15 is 0 Å². The van der Waals surface area contributed by atoms with Gasteiger partial charge < -0.3 is 20.5 Å². The molecule has 0 bridgehead atoms. The second-order valence-corrected chi connectivity index (χ2v) is 10.8. The number of anilines is 3. The minimum absolute atomic E-state index is 0.183. The molecule has 0 spiro atoms. The van der Waals surface area contributed by atoms with Gasteiger partial charge in [-0.25, -0.2) is 9.97 Å². The Hall–Kier alpha value is -4.58. The first kappa shape index (κ1) is 24.5. The lowest BCUT2D eigenvalue weighted by Gasteiger charge is -2.34. The van der Waals surface area contributed by atoms with Crippen molar-refractivity contribution in [2.24, 2.45) is 0 Å². The summed E-state index contributed by atoms with van der Waals surface area (Å²) in [6, 6.07) is 24.6. The van der Waals surface area contributed by atoms with E-state index in [4.69, 9.17) is 25.2 Å². The second-order valence-electron chi connectivity index (χ2n) is 10.8. The Morgan fingerprint density at radius 1 is 0.700 bits per heavy atom. The summed E-state index contributed by atoms with van der Waals surface area (Å²) in [7, 11) is 0. The third-order valence-corrected chi connectivity index (χ3v) is 8.60. The quantitative estimate of drug-likeness (QED) is 0.133. The topological polar surface area (TPSA) is 82.3 Å². The molecule has 5 aromatic carbocycles. The van der Waals surface area contributed by atoms with Gasteiger partial charge in [0.2, 0.25) is 0 Å². The average molecular weight is 529 g/mol. The lowest BCUT2D eigenvalue weighted by molar-refractivity contribution is 0.168. The molecular weight excluding hydrogens is 496 g/mol. The van der Waals surface area contributed by atoms with Gasteiger partial charge in [-0.2, -0.15) is 0 Å². The van der Waals surface area contributed by atoms with Crippen molar-refractivity contribution >= 4 is 60.7 Å². The first-order chi connectivity index (χ1) is 19.5. The SMILES string of the molecule is CCC(C)(CC)c1c2c(c(Nc3ccc(N)cc3)c3nc4c5ccccc5c5ccccc5c4nc13)OCCO2. The molecular formula is C34H32N4O2. The van der Waals surface area contributed by atoms with Gasteiger partial charge in [-0.1, -0.05) is 69.3 Å². The van der Waals surface area contributed by atoms with Crippen molar-refractivity contribution in [1.29, 1.82) is 0 Å². The van der Waals surface area contributed by atoms with Crippen molar-refractivity contribution in [3.8, 4) is 11.5 Å². The van der Waals surface area contributed by atoms with Crippen LogP contribution in [0.1, 0.15) is 39.2 Å². The molecule has 0 saturated carbocycles. The van der Waals surface area contributed by atoms with Crippen LogP contribution in [0.25, 0.3) is 43.6 Å². The smallest absolute Gasteiger partial charge is 0.187 e. The molecule has 1 aliphatic rings. The van der Waals surface area contributed by atoms with Crippen molar-refractivity contribution < 1.29 is 9.47 Å². The molecule has 6 heteroatoms. The molecule has 3 N–H and O–H groups in total. The molecule has 2 heterocycles. The van der Waals surface area contributed by atoms with E-state index in [1.807, 2.05) is 24.3 Å². The third-order valence-electron chi connectivity index (χ3n) is 8.60. The molecule has 1 aromatic heterocycles. The van der Waals surface area contributed by atoms with Gasteiger partial charge in [0.25, 0.3) is 0 Å². The molecule has 40 heavy (non-hydrogen) atoms. The van der Waals surface area contributed by atoms with Gasteiger partial charge in [0.1, 0.15) is 24.4 Å². The fourth-order valence-corrected chi connectivity index (χ4v) is 6.00. The van der Waals surface area contributed by atoms with E-state index in [1.165, 1.54) is 5.39 Å². The van der Waals surface area contributed by atoms with E-state index in [1.54, 1.807) is 0 Å². The minimum Gasteiger partial charge on any atom is -0.486 e. The van der Waals surface area contributed by atoms with Crippen LogP contribution in [0.3, 0.4) is 0 Å². The molecule has 6 aromatic rings. The molecule has 6 nitrogen and oxygen atoms in total. The van der Waals surface area contributed by atoms with E-state index in [-0.39, 0.29) is 5.41 Å². The molecule has 0 fully saturated rings. The summed E-state index contributed by atoms with van der Waals surface area (Å²) in [5.74, 6) is 1.46. The zero-order valence-electron chi connectivity index (χ0n) is 23.0. The van der Waals surface area contributed by atoms with Crippen molar-refractivity contribution in [2.75, 3.05) is 24.3 Å². The van der Waals surface area contributed by atoms with Crippen molar-refractivity contribution in [1.82, 2.24) is 9.97 Å². The van der Waals surface area contributed by atoms with Crippen LogP contribution in [0.5, 0.6) is 11.5 Å². The summed E-state index contributed by atoms with van der Waals surface area (Å²) in [4.78, 5) is 10.9. The van der Waals surface area contributed by atoms with E-state index in [0.29, 0.717) is 24.7 Å². The first-order valence-electron chi connectivity index (χ1n) is 14.0. The number of hydrogen-bond acceptors (Lipinski definition) is 6. The predicted molar refractivity (Wildman–Crippen MR) is 165 cm³/mol. The summed E-state index contributed by atoms with van der Waals surface area (Å²) in [5.41, 5.74) is 12.6. The molecule has 0 amide bonds. The van der Waals surface area contributed by atoms with Gasteiger partial charge in [-0.15, -0.1) is 0 Å². The first-order valence-corrected chi connectivity index (χ1v) is 14.0. The number of benzene rings is 5. The molecule has 0 atom stereocenters. The van der Waals surface area contributed by atoms with Crippen LogP contribution in [0.2, 0.25) is 0 Å². The van der Waals surface area contributed by atoms with E-state index in [0.717, 1.165) is 73.8 Å². The maximum atomic E-state index is 6.43. The third kappa shape index (κ3) is 3.63.